The van der Waals surface area contributed by atoms with E-state index in [1.807, 2.05) is 17.9 Å². The molecule has 1 aromatic carbocycles. The summed E-state index contributed by atoms with van der Waals surface area (Å²) in [7, 11) is 2.01. The van der Waals surface area contributed by atoms with Gasteiger partial charge in [0.05, 0.1) is 30.6 Å². The number of nitrogens with zero attached hydrogens (tertiary/aromatic N) is 2. The van der Waals surface area contributed by atoms with Gasteiger partial charge in [-0.15, -0.1) is 11.6 Å². The van der Waals surface area contributed by atoms with Crippen LogP contribution in [0.3, 0.4) is 0 Å². The summed E-state index contributed by atoms with van der Waals surface area (Å²) in [6, 6.07) is 6.48. The molecule has 1 saturated heterocycles. The van der Waals surface area contributed by atoms with Crippen LogP contribution in [-0.2, 0) is 17.2 Å². The van der Waals surface area contributed by atoms with Gasteiger partial charge in [0.15, 0.2) is 0 Å². The van der Waals surface area contributed by atoms with Crippen molar-refractivity contribution in [3.05, 3.63) is 30.1 Å². The van der Waals surface area contributed by atoms with Crippen LogP contribution in [0.5, 0.6) is 0 Å². The summed E-state index contributed by atoms with van der Waals surface area (Å²) >= 11 is 5.90. The average Bonchev–Trinajstić information content (AvgIpc) is 2.65. The SMILES string of the molecule is Cn1cnc2cc(C3(CCCl)COC3)ccc21. The maximum atomic E-state index is 5.90. The third kappa shape index (κ3) is 1.65. The van der Waals surface area contributed by atoms with Crippen LogP contribution in [0.25, 0.3) is 11.0 Å². The Hall–Kier alpha value is -1.06. The summed E-state index contributed by atoms with van der Waals surface area (Å²) in [5, 5.41) is 0. The largest absolute Gasteiger partial charge is 0.379 e. The van der Waals surface area contributed by atoms with Crippen molar-refractivity contribution in [2.45, 2.75) is 11.8 Å². The number of rotatable bonds is 3. The highest BCUT2D eigenvalue weighted by atomic mass is 35.5. The molecule has 0 amide bonds. The molecule has 3 rings (SSSR count). The van der Waals surface area contributed by atoms with Gasteiger partial charge in [-0.3, -0.25) is 0 Å². The predicted molar refractivity (Wildman–Crippen MR) is 68.5 cm³/mol. The van der Waals surface area contributed by atoms with Gasteiger partial charge in [0.1, 0.15) is 0 Å². The van der Waals surface area contributed by atoms with Gasteiger partial charge in [0.25, 0.3) is 0 Å². The summed E-state index contributed by atoms with van der Waals surface area (Å²) in [6.45, 7) is 1.55. The van der Waals surface area contributed by atoms with Crippen LogP contribution in [0.15, 0.2) is 24.5 Å². The van der Waals surface area contributed by atoms with Gasteiger partial charge in [0, 0.05) is 18.3 Å². The Balaban J connectivity index is 2.05. The number of imidazole rings is 1. The molecule has 2 aromatic rings. The second-order valence-corrected chi connectivity index (χ2v) is 5.15. The summed E-state index contributed by atoms with van der Waals surface area (Å²) in [6.07, 6.45) is 2.81. The number of halogens is 1. The normalized spacial score (nSPS) is 18.2. The van der Waals surface area contributed by atoms with Crippen LogP contribution < -0.4 is 0 Å². The molecule has 3 nitrogen and oxygen atoms in total. The molecule has 0 unspecified atom stereocenters. The molecule has 1 aromatic heterocycles. The summed E-state index contributed by atoms with van der Waals surface area (Å²) < 4.78 is 7.41. The zero-order chi connectivity index (χ0) is 11.9. The van der Waals surface area contributed by atoms with Crippen molar-refractivity contribution in [3.63, 3.8) is 0 Å². The topological polar surface area (TPSA) is 27.1 Å². The number of fused-ring (bicyclic) bond motifs is 1. The molecule has 17 heavy (non-hydrogen) atoms. The molecular weight excluding hydrogens is 236 g/mol. The van der Waals surface area contributed by atoms with Gasteiger partial charge in [-0.1, -0.05) is 6.07 Å². The first-order valence-corrected chi connectivity index (χ1v) is 6.34. The van der Waals surface area contributed by atoms with E-state index < -0.39 is 0 Å². The van der Waals surface area contributed by atoms with E-state index in [0.29, 0.717) is 5.88 Å². The predicted octanol–water partition coefficient (Wildman–Crippen LogP) is 2.47. The Morgan fingerprint density at radius 1 is 1.47 bits per heavy atom. The zero-order valence-electron chi connectivity index (χ0n) is 9.82. The molecule has 1 aliphatic rings. The number of ether oxygens (including phenoxy) is 1. The second-order valence-electron chi connectivity index (χ2n) is 4.77. The third-order valence-electron chi connectivity index (χ3n) is 3.67. The first-order chi connectivity index (χ1) is 8.25. The molecule has 1 aliphatic heterocycles. The minimum absolute atomic E-state index is 0.119. The monoisotopic (exact) mass is 250 g/mol. The van der Waals surface area contributed by atoms with Gasteiger partial charge in [-0.2, -0.15) is 0 Å². The van der Waals surface area contributed by atoms with Crippen molar-refractivity contribution in [1.29, 1.82) is 0 Å². The molecule has 0 radical (unpaired) electrons. The smallest absolute Gasteiger partial charge is 0.0955 e. The van der Waals surface area contributed by atoms with Crippen molar-refractivity contribution < 1.29 is 4.74 Å². The summed E-state index contributed by atoms with van der Waals surface area (Å²) in [5.74, 6) is 0.670. The standard InChI is InChI=1S/C13H15ClN2O/c1-16-9-15-11-6-10(2-3-12(11)16)13(4-5-14)7-17-8-13/h2-3,6,9H,4-5,7-8H2,1H3. The lowest BCUT2D eigenvalue weighted by Crippen LogP contribution is -2.47. The van der Waals surface area contributed by atoms with Crippen LogP contribution in [0.4, 0.5) is 0 Å². The van der Waals surface area contributed by atoms with E-state index in [1.54, 1.807) is 0 Å². The van der Waals surface area contributed by atoms with Gasteiger partial charge in [-0.05, 0) is 24.1 Å². The van der Waals surface area contributed by atoms with Crippen LogP contribution in [0, 0.1) is 0 Å². The van der Waals surface area contributed by atoms with E-state index in [4.69, 9.17) is 16.3 Å². The maximum Gasteiger partial charge on any atom is 0.0955 e. The summed E-state index contributed by atoms with van der Waals surface area (Å²) in [4.78, 5) is 4.40. The first kappa shape index (κ1) is 11.1. The van der Waals surface area contributed by atoms with Crippen LogP contribution in [0.2, 0.25) is 0 Å². The Morgan fingerprint density at radius 3 is 2.94 bits per heavy atom. The third-order valence-corrected chi connectivity index (χ3v) is 3.86. The Morgan fingerprint density at radius 2 is 2.29 bits per heavy atom. The Labute approximate surface area is 105 Å². The number of aryl methyl sites for hydroxylation is 1. The van der Waals surface area contributed by atoms with Crippen LogP contribution in [-0.4, -0.2) is 28.6 Å². The molecule has 0 N–H and O–H groups in total. The number of alkyl halides is 1. The Bertz CT molecular complexity index is 545. The Kier molecular flexibility index (Phi) is 2.60. The van der Waals surface area contributed by atoms with Gasteiger partial charge in [0.2, 0.25) is 0 Å². The number of hydrogen-bond acceptors (Lipinski definition) is 2. The zero-order valence-corrected chi connectivity index (χ0v) is 10.6. The van der Waals surface area contributed by atoms with E-state index in [0.717, 1.165) is 30.7 Å². The van der Waals surface area contributed by atoms with E-state index >= 15 is 0 Å². The number of benzene rings is 1. The lowest BCUT2D eigenvalue weighted by atomic mass is 9.76. The maximum absolute atomic E-state index is 5.90. The highest BCUT2D eigenvalue weighted by Gasteiger charge is 2.39. The highest BCUT2D eigenvalue weighted by molar-refractivity contribution is 6.17. The van der Waals surface area contributed by atoms with Crippen LogP contribution in [0.1, 0.15) is 12.0 Å². The van der Waals surface area contributed by atoms with E-state index in [1.165, 1.54) is 5.56 Å². The molecular formula is C13H15ClN2O. The summed E-state index contributed by atoms with van der Waals surface area (Å²) in [5.41, 5.74) is 3.63. The molecule has 0 saturated carbocycles. The van der Waals surface area contributed by atoms with Gasteiger partial charge < -0.3 is 9.30 Å². The van der Waals surface area contributed by atoms with Crippen molar-refractivity contribution in [3.8, 4) is 0 Å². The average molecular weight is 251 g/mol. The molecule has 90 valence electrons. The van der Waals surface area contributed by atoms with E-state index in [-0.39, 0.29) is 5.41 Å². The fourth-order valence-electron chi connectivity index (χ4n) is 2.45. The molecule has 1 fully saturated rings. The molecule has 0 bridgehead atoms. The van der Waals surface area contributed by atoms with E-state index in [2.05, 4.69) is 23.2 Å². The lowest BCUT2D eigenvalue weighted by molar-refractivity contribution is -0.0615. The van der Waals surface area contributed by atoms with E-state index in [9.17, 15) is 0 Å². The quantitative estimate of drug-likeness (QED) is 0.783. The second kappa shape index (κ2) is 4.00. The molecule has 0 atom stereocenters. The van der Waals surface area contributed by atoms with Crippen LogP contribution >= 0.6 is 11.6 Å². The van der Waals surface area contributed by atoms with Gasteiger partial charge in [-0.25, -0.2) is 4.98 Å². The van der Waals surface area contributed by atoms with Crippen molar-refractivity contribution >= 4 is 22.6 Å². The molecule has 0 aliphatic carbocycles. The number of hydrogen-bond donors (Lipinski definition) is 0. The first-order valence-electron chi connectivity index (χ1n) is 5.80. The van der Waals surface area contributed by atoms with Crippen molar-refractivity contribution in [2.75, 3.05) is 19.1 Å². The molecule has 4 heteroatoms. The highest BCUT2D eigenvalue weighted by Crippen LogP contribution is 2.37. The molecule has 0 spiro atoms. The fraction of sp³-hybridized carbons (Fsp3) is 0.462. The van der Waals surface area contributed by atoms with Crippen molar-refractivity contribution in [1.82, 2.24) is 9.55 Å². The molecule has 2 heterocycles. The minimum atomic E-state index is 0.119. The van der Waals surface area contributed by atoms with Crippen molar-refractivity contribution in [2.24, 2.45) is 7.05 Å². The minimum Gasteiger partial charge on any atom is -0.379 e. The lowest BCUT2D eigenvalue weighted by Gasteiger charge is -2.41. The van der Waals surface area contributed by atoms with Gasteiger partial charge >= 0.3 is 0 Å². The number of aromatic nitrogens is 2. The fourth-order valence-corrected chi connectivity index (χ4v) is 2.81.